The molecule has 55 heavy (non-hydrogen) atoms. The number of allylic oxidation sites excluding steroid dienone is 5. The third-order valence-electron chi connectivity index (χ3n) is 9.74. The normalized spacial score (nSPS) is 14.0. The topological polar surface area (TPSA) is 91.3 Å². The third-order valence-corrected chi connectivity index (χ3v) is 10.7. The predicted octanol–water partition coefficient (Wildman–Crippen LogP) is 13.7. The fourth-order valence-electron chi connectivity index (χ4n) is 6.15. The lowest BCUT2D eigenvalue weighted by Crippen LogP contribution is -2.37. The Morgan fingerprint density at radius 2 is 0.964 bits per heavy atom. The van der Waals surface area contributed by atoms with Gasteiger partial charge in [0.05, 0.1) is 34.0 Å². The van der Waals surface area contributed by atoms with Gasteiger partial charge in [-0.1, -0.05) is 147 Å². The average Bonchev–Trinajstić information content (AvgIpc) is 3.13. The smallest absolute Gasteiger partial charge is 0.472 e. The Kier molecular flexibility index (Phi) is 38.4. The molecular weight excluding hydrogens is 709 g/mol. The molecular formula is C46H89NO7P+. The van der Waals surface area contributed by atoms with E-state index in [1.54, 1.807) is 6.26 Å². The van der Waals surface area contributed by atoms with Gasteiger partial charge in [0, 0.05) is 6.42 Å². The molecule has 324 valence electrons. The molecule has 0 spiro atoms. The molecule has 0 rings (SSSR count). The van der Waals surface area contributed by atoms with Gasteiger partial charge in [0.1, 0.15) is 19.8 Å². The van der Waals surface area contributed by atoms with Crippen LogP contribution in [-0.2, 0) is 27.9 Å². The molecule has 0 aliphatic carbocycles. The Labute approximate surface area is 340 Å². The largest absolute Gasteiger partial charge is 0.498 e. The number of carbonyl (C=O) groups is 1. The van der Waals surface area contributed by atoms with Crippen LogP contribution in [0.2, 0.25) is 0 Å². The SMILES string of the molecule is CCCCCC/C=C\CCCCCCCC/C=C\OC[C@H](COP(=O)(O)OCC[N+](C)(C)C)OC(=O)CCCCCCCCC/C=C\CCCCCCCC. The highest BCUT2D eigenvalue weighted by atomic mass is 31.2. The number of esters is 1. The molecule has 0 saturated heterocycles. The monoisotopic (exact) mass is 799 g/mol. The second-order valence-corrected chi connectivity index (χ2v) is 17.9. The van der Waals surface area contributed by atoms with E-state index in [-0.39, 0.29) is 25.8 Å². The predicted molar refractivity (Wildman–Crippen MR) is 233 cm³/mol. The van der Waals surface area contributed by atoms with Crippen LogP contribution < -0.4 is 0 Å². The molecule has 0 aromatic heterocycles. The van der Waals surface area contributed by atoms with Crippen LogP contribution in [0.3, 0.4) is 0 Å². The van der Waals surface area contributed by atoms with Crippen molar-refractivity contribution in [1.29, 1.82) is 0 Å². The molecule has 0 aromatic carbocycles. The average molecular weight is 799 g/mol. The van der Waals surface area contributed by atoms with E-state index in [0.717, 1.165) is 32.1 Å². The van der Waals surface area contributed by atoms with Crippen molar-refractivity contribution < 1.29 is 37.3 Å². The number of likely N-dealkylation sites (N-methyl/N-ethyl adjacent to an activating group) is 1. The van der Waals surface area contributed by atoms with Crippen molar-refractivity contribution in [2.24, 2.45) is 0 Å². The Hall–Kier alpha value is -1.44. The first kappa shape index (κ1) is 53.6. The molecule has 0 heterocycles. The van der Waals surface area contributed by atoms with Gasteiger partial charge >= 0.3 is 13.8 Å². The van der Waals surface area contributed by atoms with Gasteiger partial charge in [-0.25, -0.2) is 4.57 Å². The number of unbranched alkanes of at least 4 members (excludes halogenated alkanes) is 24. The van der Waals surface area contributed by atoms with Gasteiger partial charge in [0.25, 0.3) is 0 Å². The molecule has 0 aliphatic rings. The number of hydrogen-bond acceptors (Lipinski definition) is 6. The second-order valence-electron chi connectivity index (χ2n) is 16.5. The molecule has 1 unspecified atom stereocenters. The van der Waals surface area contributed by atoms with Crippen LogP contribution in [0.25, 0.3) is 0 Å². The first-order valence-corrected chi connectivity index (χ1v) is 24.3. The highest BCUT2D eigenvalue weighted by Crippen LogP contribution is 2.43. The Balaban J connectivity index is 4.28. The highest BCUT2D eigenvalue weighted by Gasteiger charge is 2.26. The van der Waals surface area contributed by atoms with E-state index in [4.69, 9.17) is 18.5 Å². The number of carbonyl (C=O) groups excluding carboxylic acids is 1. The van der Waals surface area contributed by atoms with Crippen molar-refractivity contribution in [3.05, 3.63) is 36.6 Å². The van der Waals surface area contributed by atoms with Crippen LogP contribution in [0, 0.1) is 0 Å². The first-order valence-electron chi connectivity index (χ1n) is 22.8. The second kappa shape index (κ2) is 39.4. The van der Waals surface area contributed by atoms with Gasteiger partial charge < -0.3 is 18.9 Å². The fourth-order valence-corrected chi connectivity index (χ4v) is 6.90. The summed E-state index contributed by atoms with van der Waals surface area (Å²) in [6.07, 6.45) is 47.0. The molecule has 0 fully saturated rings. The van der Waals surface area contributed by atoms with Gasteiger partial charge in [-0.2, -0.15) is 0 Å². The summed E-state index contributed by atoms with van der Waals surface area (Å²) in [5, 5.41) is 0. The maximum Gasteiger partial charge on any atom is 0.472 e. The van der Waals surface area contributed by atoms with Crippen LogP contribution >= 0.6 is 7.82 Å². The van der Waals surface area contributed by atoms with Crippen molar-refractivity contribution in [2.75, 3.05) is 47.5 Å². The number of phosphoric acid groups is 1. The zero-order valence-electron chi connectivity index (χ0n) is 36.7. The summed E-state index contributed by atoms with van der Waals surface area (Å²) in [4.78, 5) is 22.9. The molecule has 0 bridgehead atoms. The molecule has 8 nitrogen and oxygen atoms in total. The summed E-state index contributed by atoms with van der Waals surface area (Å²) < 4.78 is 34.8. The number of rotatable bonds is 42. The minimum atomic E-state index is -4.29. The summed E-state index contributed by atoms with van der Waals surface area (Å²) in [5.74, 6) is -0.342. The summed E-state index contributed by atoms with van der Waals surface area (Å²) in [7, 11) is 1.63. The van der Waals surface area contributed by atoms with Crippen molar-refractivity contribution in [1.82, 2.24) is 0 Å². The molecule has 0 saturated carbocycles. The van der Waals surface area contributed by atoms with Gasteiger partial charge in [0.2, 0.25) is 0 Å². The number of phosphoric ester groups is 1. The van der Waals surface area contributed by atoms with Gasteiger partial charge in [-0.05, 0) is 76.7 Å². The van der Waals surface area contributed by atoms with Gasteiger partial charge in [-0.3, -0.25) is 13.8 Å². The van der Waals surface area contributed by atoms with E-state index >= 15 is 0 Å². The number of nitrogens with zero attached hydrogens (tertiary/aromatic N) is 1. The van der Waals surface area contributed by atoms with E-state index < -0.39 is 13.9 Å². The van der Waals surface area contributed by atoms with Gasteiger partial charge in [-0.15, -0.1) is 0 Å². The van der Waals surface area contributed by atoms with Crippen molar-refractivity contribution in [2.45, 2.75) is 206 Å². The van der Waals surface area contributed by atoms with E-state index in [2.05, 4.69) is 38.2 Å². The minimum absolute atomic E-state index is 0.0442. The van der Waals surface area contributed by atoms with E-state index in [1.165, 1.54) is 148 Å². The number of hydrogen-bond donors (Lipinski definition) is 1. The van der Waals surface area contributed by atoms with Crippen LogP contribution in [0.1, 0.15) is 200 Å². The van der Waals surface area contributed by atoms with Crippen molar-refractivity contribution >= 4 is 13.8 Å². The maximum absolute atomic E-state index is 12.7. The molecule has 0 aliphatic heterocycles. The number of ether oxygens (including phenoxy) is 2. The van der Waals surface area contributed by atoms with Gasteiger partial charge in [0.15, 0.2) is 6.10 Å². The van der Waals surface area contributed by atoms with E-state index in [9.17, 15) is 14.3 Å². The molecule has 9 heteroatoms. The lowest BCUT2D eigenvalue weighted by molar-refractivity contribution is -0.870. The van der Waals surface area contributed by atoms with Crippen molar-refractivity contribution in [3.63, 3.8) is 0 Å². The number of quaternary nitrogens is 1. The molecule has 1 N–H and O–H groups in total. The quantitative estimate of drug-likeness (QED) is 0.0164. The van der Waals surface area contributed by atoms with Crippen LogP contribution in [0.15, 0.2) is 36.6 Å². The highest BCUT2D eigenvalue weighted by molar-refractivity contribution is 7.47. The standard InChI is InChI=1S/C46H88NO7P/c1-6-8-10-12-14-16-18-20-22-24-25-27-29-31-33-35-37-39-46(48)54-45(44-53-55(49,50)52-42-40-47(3,4)5)43-51-41-38-36-34-32-30-28-26-23-21-19-17-15-13-11-9-7-2/h17,19-20,22,38,41,45H,6-16,18,21,23-37,39-40,42-44H2,1-5H3/p+1/b19-17-,22-20-,41-38-/t45-/m1/s1. The van der Waals surface area contributed by atoms with Crippen molar-refractivity contribution in [3.8, 4) is 0 Å². The fraction of sp³-hybridized carbons (Fsp3) is 0.848. The molecule has 0 amide bonds. The minimum Gasteiger partial charge on any atom is -0.498 e. The van der Waals surface area contributed by atoms with E-state index in [1.807, 2.05) is 27.2 Å². The zero-order valence-corrected chi connectivity index (χ0v) is 37.6. The summed E-state index contributed by atoms with van der Waals surface area (Å²) in [6.45, 7) is 4.91. The molecule has 0 radical (unpaired) electrons. The third kappa shape index (κ3) is 43.5. The maximum atomic E-state index is 12.7. The Bertz CT molecular complexity index is 978. The summed E-state index contributed by atoms with van der Waals surface area (Å²) >= 11 is 0. The summed E-state index contributed by atoms with van der Waals surface area (Å²) in [6, 6.07) is 0. The Morgan fingerprint density at radius 1 is 0.564 bits per heavy atom. The van der Waals surface area contributed by atoms with E-state index in [0.29, 0.717) is 17.4 Å². The zero-order chi connectivity index (χ0) is 40.6. The van der Waals surface area contributed by atoms with Crippen LogP contribution in [-0.4, -0.2) is 69.0 Å². The summed E-state index contributed by atoms with van der Waals surface area (Å²) in [5.41, 5.74) is 0. The lowest BCUT2D eigenvalue weighted by Gasteiger charge is -2.24. The molecule has 2 atom stereocenters. The van der Waals surface area contributed by atoms with Crippen LogP contribution in [0.5, 0.6) is 0 Å². The van der Waals surface area contributed by atoms with Crippen LogP contribution in [0.4, 0.5) is 0 Å². The lowest BCUT2D eigenvalue weighted by atomic mass is 10.1. The Morgan fingerprint density at radius 3 is 1.42 bits per heavy atom. The first-order chi connectivity index (χ1) is 26.6. The molecule has 0 aromatic rings.